The zero-order valence-corrected chi connectivity index (χ0v) is 13.0. The average molecular weight is 290 g/mol. The number of carbonyl (C=O) groups is 1. The molecule has 0 amide bonds. The lowest BCUT2D eigenvalue weighted by Gasteiger charge is -2.26. The molecule has 0 aromatic heterocycles. The van der Waals surface area contributed by atoms with E-state index < -0.39 is 0 Å². The van der Waals surface area contributed by atoms with Crippen LogP contribution >= 0.6 is 0 Å². The van der Waals surface area contributed by atoms with Gasteiger partial charge in [0, 0.05) is 12.6 Å². The summed E-state index contributed by atoms with van der Waals surface area (Å²) in [5.41, 5.74) is 0.963. The molecule has 2 atom stereocenters. The van der Waals surface area contributed by atoms with Crippen LogP contribution in [0.5, 0.6) is 0 Å². The summed E-state index contributed by atoms with van der Waals surface area (Å²) in [6.45, 7) is 7.58. The standard InChI is InChI=1S/C17H26N2O2/c1-3-21-17(20)16(15-9-5-4-6-10-15)18-13-14(2)19-11-7-8-12-19/h4-6,9-10,14,16,18H,3,7-8,11-13H2,1-2H3. The summed E-state index contributed by atoms with van der Waals surface area (Å²) < 4.78 is 5.20. The molecule has 0 spiro atoms. The van der Waals surface area contributed by atoms with Crippen molar-refractivity contribution in [1.82, 2.24) is 10.2 Å². The van der Waals surface area contributed by atoms with Gasteiger partial charge < -0.3 is 4.74 Å². The third-order valence-corrected chi connectivity index (χ3v) is 4.04. The second-order valence-electron chi connectivity index (χ2n) is 5.60. The number of rotatable bonds is 7. The Morgan fingerprint density at radius 1 is 1.29 bits per heavy atom. The number of likely N-dealkylation sites (tertiary alicyclic amines) is 1. The van der Waals surface area contributed by atoms with Gasteiger partial charge in [-0.3, -0.25) is 10.2 Å². The SMILES string of the molecule is CCOC(=O)C(NCC(C)N1CCCC1)c1ccccc1. The van der Waals surface area contributed by atoms with Crippen molar-refractivity contribution < 1.29 is 9.53 Å². The van der Waals surface area contributed by atoms with Crippen molar-refractivity contribution in [3.8, 4) is 0 Å². The molecule has 1 aromatic carbocycles. The molecule has 0 radical (unpaired) electrons. The average Bonchev–Trinajstić information content (AvgIpc) is 3.03. The molecule has 1 fully saturated rings. The van der Waals surface area contributed by atoms with E-state index in [2.05, 4.69) is 17.1 Å². The first kappa shape index (κ1) is 16.0. The third kappa shape index (κ3) is 4.55. The van der Waals surface area contributed by atoms with Gasteiger partial charge >= 0.3 is 5.97 Å². The monoisotopic (exact) mass is 290 g/mol. The molecule has 21 heavy (non-hydrogen) atoms. The van der Waals surface area contributed by atoms with E-state index in [1.165, 1.54) is 12.8 Å². The van der Waals surface area contributed by atoms with E-state index in [9.17, 15) is 4.79 Å². The minimum Gasteiger partial charge on any atom is -0.465 e. The maximum atomic E-state index is 12.2. The van der Waals surface area contributed by atoms with Crippen LogP contribution in [0.25, 0.3) is 0 Å². The van der Waals surface area contributed by atoms with Crippen molar-refractivity contribution in [2.24, 2.45) is 0 Å². The molecule has 1 aromatic rings. The van der Waals surface area contributed by atoms with Crippen LogP contribution in [0.15, 0.2) is 30.3 Å². The van der Waals surface area contributed by atoms with Crippen molar-refractivity contribution in [2.45, 2.75) is 38.8 Å². The first-order valence-corrected chi connectivity index (χ1v) is 7.91. The zero-order chi connectivity index (χ0) is 15.1. The van der Waals surface area contributed by atoms with E-state index in [0.717, 1.165) is 25.2 Å². The summed E-state index contributed by atoms with van der Waals surface area (Å²) in [6.07, 6.45) is 2.56. The topological polar surface area (TPSA) is 41.6 Å². The third-order valence-electron chi connectivity index (χ3n) is 4.04. The number of carbonyl (C=O) groups excluding carboxylic acids is 1. The predicted molar refractivity (Wildman–Crippen MR) is 84.1 cm³/mol. The minimum absolute atomic E-state index is 0.197. The summed E-state index contributed by atoms with van der Waals surface area (Å²) in [5, 5.41) is 3.38. The van der Waals surface area contributed by atoms with Crippen LogP contribution in [0.4, 0.5) is 0 Å². The Morgan fingerprint density at radius 3 is 2.57 bits per heavy atom. The molecule has 1 aliphatic rings. The van der Waals surface area contributed by atoms with Gasteiger partial charge in [0.2, 0.25) is 0 Å². The number of hydrogen-bond acceptors (Lipinski definition) is 4. The molecule has 4 heteroatoms. The second kappa shape index (κ2) is 8.15. The fraction of sp³-hybridized carbons (Fsp3) is 0.588. The highest BCUT2D eigenvalue weighted by molar-refractivity contribution is 5.77. The quantitative estimate of drug-likeness (QED) is 0.783. The van der Waals surface area contributed by atoms with Gasteiger partial charge in [-0.25, -0.2) is 4.79 Å². The highest BCUT2D eigenvalue weighted by Gasteiger charge is 2.24. The molecule has 0 saturated carbocycles. The van der Waals surface area contributed by atoms with Crippen LogP contribution in [0, 0.1) is 0 Å². The van der Waals surface area contributed by atoms with Crippen LogP contribution < -0.4 is 5.32 Å². The van der Waals surface area contributed by atoms with E-state index >= 15 is 0 Å². The zero-order valence-electron chi connectivity index (χ0n) is 13.0. The van der Waals surface area contributed by atoms with Crippen molar-refractivity contribution in [3.63, 3.8) is 0 Å². The van der Waals surface area contributed by atoms with Crippen molar-refractivity contribution in [1.29, 1.82) is 0 Å². The molecule has 2 unspecified atom stereocenters. The first-order chi connectivity index (χ1) is 10.2. The maximum absolute atomic E-state index is 12.2. The van der Waals surface area contributed by atoms with Gasteiger partial charge in [-0.1, -0.05) is 30.3 Å². The van der Waals surface area contributed by atoms with Gasteiger partial charge in [-0.2, -0.15) is 0 Å². The molecular formula is C17H26N2O2. The van der Waals surface area contributed by atoms with Gasteiger partial charge in [-0.05, 0) is 45.3 Å². The maximum Gasteiger partial charge on any atom is 0.327 e. The van der Waals surface area contributed by atoms with Gasteiger partial charge in [0.15, 0.2) is 0 Å². The van der Waals surface area contributed by atoms with Gasteiger partial charge in [0.25, 0.3) is 0 Å². The number of benzene rings is 1. The highest BCUT2D eigenvalue weighted by atomic mass is 16.5. The number of ether oxygens (including phenoxy) is 1. The van der Waals surface area contributed by atoms with Crippen LogP contribution in [0.2, 0.25) is 0 Å². The lowest BCUT2D eigenvalue weighted by atomic mass is 10.1. The van der Waals surface area contributed by atoms with Crippen molar-refractivity contribution in [3.05, 3.63) is 35.9 Å². The van der Waals surface area contributed by atoms with Crippen LogP contribution in [-0.2, 0) is 9.53 Å². The number of nitrogens with one attached hydrogen (secondary N) is 1. The van der Waals surface area contributed by atoms with Crippen molar-refractivity contribution >= 4 is 5.97 Å². The highest BCUT2D eigenvalue weighted by Crippen LogP contribution is 2.16. The molecule has 1 saturated heterocycles. The van der Waals surface area contributed by atoms with E-state index in [0.29, 0.717) is 12.6 Å². The molecule has 1 aliphatic heterocycles. The molecule has 0 aliphatic carbocycles. The Morgan fingerprint density at radius 2 is 1.95 bits per heavy atom. The van der Waals surface area contributed by atoms with Gasteiger partial charge in [0.1, 0.15) is 6.04 Å². The van der Waals surface area contributed by atoms with Gasteiger partial charge in [0.05, 0.1) is 6.61 Å². The molecular weight excluding hydrogens is 264 g/mol. The molecule has 0 bridgehead atoms. The summed E-state index contributed by atoms with van der Waals surface area (Å²) in [6, 6.07) is 9.85. The molecule has 2 rings (SSSR count). The van der Waals surface area contributed by atoms with Crippen LogP contribution in [-0.4, -0.2) is 43.2 Å². The molecule has 1 N–H and O–H groups in total. The Bertz CT molecular complexity index is 430. The number of hydrogen-bond donors (Lipinski definition) is 1. The van der Waals surface area contributed by atoms with Gasteiger partial charge in [-0.15, -0.1) is 0 Å². The normalized spacial score (nSPS) is 18.4. The smallest absolute Gasteiger partial charge is 0.327 e. The molecule has 4 nitrogen and oxygen atoms in total. The number of nitrogens with zero attached hydrogens (tertiary/aromatic N) is 1. The van der Waals surface area contributed by atoms with Crippen LogP contribution in [0.1, 0.15) is 38.3 Å². The Kier molecular flexibility index (Phi) is 6.21. The molecule has 1 heterocycles. The summed E-state index contributed by atoms with van der Waals surface area (Å²) >= 11 is 0. The minimum atomic E-state index is -0.379. The predicted octanol–water partition coefficient (Wildman–Crippen LogP) is 2.36. The lowest BCUT2D eigenvalue weighted by molar-refractivity contribution is -0.145. The second-order valence-corrected chi connectivity index (χ2v) is 5.60. The number of esters is 1. The fourth-order valence-corrected chi connectivity index (χ4v) is 2.81. The van der Waals surface area contributed by atoms with Crippen LogP contribution in [0.3, 0.4) is 0 Å². The van der Waals surface area contributed by atoms with E-state index in [1.54, 1.807) is 0 Å². The summed E-state index contributed by atoms with van der Waals surface area (Å²) in [5.74, 6) is -0.197. The van der Waals surface area contributed by atoms with E-state index in [-0.39, 0.29) is 12.0 Å². The molecule has 116 valence electrons. The largest absolute Gasteiger partial charge is 0.465 e. The Balaban J connectivity index is 1.97. The fourth-order valence-electron chi connectivity index (χ4n) is 2.81. The lowest BCUT2D eigenvalue weighted by Crippen LogP contribution is -2.41. The Hall–Kier alpha value is -1.39. The first-order valence-electron chi connectivity index (χ1n) is 7.91. The van der Waals surface area contributed by atoms with E-state index in [4.69, 9.17) is 4.74 Å². The Labute approximate surface area is 127 Å². The van der Waals surface area contributed by atoms with E-state index in [1.807, 2.05) is 37.3 Å². The van der Waals surface area contributed by atoms with Crippen molar-refractivity contribution in [2.75, 3.05) is 26.2 Å². The summed E-state index contributed by atoms with van der Waals surface area (Å²) in [4.78, 5) is 14.7. The summed E-state index contributed by atoms with van der Waals surface area (Å²) in [7, 11) is 0.